The molecular weight excluding hydrogens is 498 g/mol. The normalized spacial score (nSPS) is 13.3. The van der Waals surface area contributed by atoms with Crippen molar-refractivity contribution in [2.24, 2.45) is 0 Å². The van der Waals surface area contributed by atoms with Crippen LogP contribution in [0.15, 0.2) is 89.8 Å². The molecule has 0 aliphatic carbocycles. The van der Waals surface area contributed by atoms with E-state index in [0.717, 1.165) is 38.5 Å². The van der Waals surface area contributed by atoms with Crippen molar-refractivity contribution in [1.29, 1.82) is 0 Å². The van der Waals surface area contributed by atoms with Gasteiger partial charge < -0.3 is 23.5 Å². The molecule has 1 aliphatic rings. The van der Waals surface area contributed by atoms with Crippen LogP contribution in [0.4, 0.5) is 0 Å². The van der Waals surface area contributed by atoms with Gasteiger partial charge in [-0.2, -0.15) is 0 Å². The number of para-hydroxylation sites is 1. The molecule has 38 heavy (non-hydrogen) atoms. The molecule has 1 aromatic heterocycles. The molecule has 0 bridgehead atoms. The first-order chi connectivity index (χ1) is 18.7. The number of aromatic amines is 1. The van der Waals surface area contributed by atoms with E-state index in [1.807, 2.05) is 65.6 Å². The van der Waals surface area contributed by atoms with Gasteiger partial charge in [-0.3, -0.25) is 4.79 Å². The van der Waals surface area contributed by atoms with Gasteiger partial charge in [0.05, 0.1) is 43.4 Å². The maximum Gasteiger partial charge on any atom is 0.254 e. The van der Waals surface area contributed by atoms with Crippen LogP contribution in [0.25, 0.3) is 33.2 Å². The SMILES string of the molecule is COSc1ccccc1OC.O=C(c1ccc2nc(-c3cccc4ccccc34)[nH]c2c1)N1CCOCC1. The summed E-state index contributed by atoms with van der Waals surface area (Å²) >= 11 is 1.30. The summed E-state index contributed by atoms with van der Waals surface area (Å²) in [4.78, 5) is 23.7. The van der Waals surface area contributed by atoms with Crippen LogP contribution in [-0.4, -0.2) is 61.3 Å². The molecule has 1 N–H and O–H groups in total. The van der Waals surface area contributed by atoms with Gasteiger partial charge in [0, 0.05) is 36.3 Å². The summed E-state index contributed by atoms with van der Waals surface area (Å²) in [7, 11) is 3.28. The molecule has 0 saturated carbocycles. The van der Waals surface area contributed by atoms with Crippen LogP contribution in [0.5, 0.6) is 5.75 Å². The van der Waals surface area contributed by atoms with Crippen LogP contribution >= 0.6 is 12.0 Å². The van der Waals surface area contributed by atoms with Gasteiger partial charge in [-0.1, -0.05) is 54.6 Å². The molecular formula is C30H29N3O4S. The maximum absolute atomic E-state index is 12.7. The molecule has 1 aliphatic heterocycles. The molecule has 1 saturated heterocycles. The Balaban J connectivity index is 0.000000226. The molecule has 1 amide bonds. The van der Waals surface area contributed by atoms with Crippen LogP contribution in [0, 0.1) is 0 Å². The van der Waals surface area contributed by atoms with Crippen molar-refractivity contribution < 1.29 is 18.5 Å². The number of methoxy groups -OCH3 is 1. The number of aromatic nitrogens is 2. The number of fused-ring (bicyclic) bond motifs is 2. The van der Waals surface area contributed by atoms with Crippen LogP contribution in [-0.2, 0) is 8.92 Å². The van der Waals surface area contributed by atoms with E-state index in [1.54, 1.807) is 14.2 Å². The second-order valence-electron chi connectivity index (χ2n) is 8.65. The molecule has 8 heteroatoms. The summed E-state index contributed by atoms with van der Waals surface area (Å²) in [6, 6.07) is 27.9. The highest BCUT2D eigenvalue weighted by molar-refractivity contribution is 7.94. The second kappa shape index (κ2) is 12.1. The number of hydrogen-bond acceptors (Lipinski definition) is 6. The maximum atomic E-state index is 12.7. The lowest BCUT2D eigenvalue weighted by molar-refractivity contribution is 0.0303. The summed E-state index contributed by atoms with van der Waals surface area (Å²) in [6.07, 6.45) is 0. The number of nitrogens with one attached hydrogen (secondary N) is 1. The van der Waals surface area contributed by atoms with Gasteiger partial charge in [0.1, 0.15) is 11.6 Å². The van der Waals surface area contributed by atoms with Crippen molar-refractivity contribution >= 4 is 39.8 Å². The molecule has 2 heterocycles. The molecule has 1 fully saturated rings. The monoisotopic (exact) mass is 527 g/mol. The fraction of sp³-hybridized carbons (Fsp3) is 0.200. The Morgan fingerprint density at radius 2 is 1.71 bits per heavy atom. The quantitative estimate of drug-likeness (QED) is 0.274. The first-order valence-electron chi connectivity index (χ1n) is 12.4. The predicted molar refractivity (Wildman–Crippen MR) is 152 cm³/mol. The Morgan fingerprint density at radius 1 is 0.947 bits per heavy atom. The number of ether oxygens (including phenoxy) is 2. The molecule has 4 aromatic carbocycles. The molecule has 194 valence electrons. The second-order valence-corrected chi connectivity index (χ2v) is 9.59. The molecule has 6 rings (SSSR count). The lowest BCUT2D eigenvalue weighted by Crippen LogP contribution is -2.40. The highest BCUT2D eigenvalue weighted by Gasteiger charge is 2.19. The summed E-state index contributed by atoms with van der Waals surface area (Å²) < 4.78 is 15.3. The predicted octanol–water partition coefficient (Wildman–Crippen LogP) is 6.20. The molecule has 7 nitrogen and oxygen atoms in total. The Labute approximate surface area is 225 Å². The Hall–Kier alpha value is -3.85. The zero-order chi connectivity index (χ0) is 26.3. The minimum Gasteiger partial charge on any atom is -0.496 e. The van der Waals surface area contributed by atoms with E-state index in [-0.39, 0.29) is 5.91 Å². The van der Waals surface area contributed by atoms with Gasteiger partial charge in [-0.05, 0) is 41.1 Å². The highest BCUT2D eigenvalue weighted by atomic mass is 32.2. The fourth-order valence-corrected chi connectivity index (χ4v) is 4.98. The minimum absolute atomic E-state index is 0.0431. The summed E-state index contributed by atoms with van der Waals surface area (Å²) in [5.74, 6) is 1.71. The zero-order valence-electron chi connectivity index (χ0n) is 21.3. The molecule has 0 spiro atoms. The van der Waals surface area contributed by atoms with Crippen molar-refractivity contribution in [3.63, 3.8) is 0 Å². The van der Waals surface area contributed by atoms with E-state index in [9.17, 15) is 4.79 Å². The van der Waals surface area contributed by atoms with Crippen molar-refractivity contribution in [3.05, 3.63) is 90.5 Å². The van der Waals surface area contributed by atoms with Crippen molar-refractivity contribution in [2.75, 3.05) is 40.5 Å². The van der Waals surface area contributed by atoms with E-state index in [4.69, 9.17) is 18.6 Å². The average Bonchev–Trinajstić information content (AvgIpc) is 3.41. The Morgan fingerprint density at radius 3 is 2.53 bits per heavy atom. The minimum atomic E-state index is 0.0431. The Bertz CT molecular complexity index is 1540. The van der Waals surface area contributed by atoms with Crippen molar-refractivity contribution in [3.8, 4) is 17.1 Å². The first-order valence-corrected chi connectivity index (χ1v) is 13.1. The van der Waals surface area contributed by atoms with Crippen molar-refractivity contribution in [2.45, 2.75) is 4.90 Å². The zero-order valence-corrected chi connectivity index (χ0v) is 22.2. The third kappa shape index (κ3) is 5.67. The number of carbonyl (C=O) groups is 1. The van der Waals surface area contributed by atoms with Crippen LogP contribution in [0.3, 0.4) is 0 Å². The van der Waals surface area contributed by atoms with E-state index in [0.29, 0.717) is 31.9 Å². The lowest BCUT2D eigenvalue weighted by atomic mass is 10.0. The fourth-order valence-electron chi connectivity index (χ4n) is 4.43. The van der Waals surface area contributed by atoms with E-state index in [2.05, 4.69) is 29.2 Å². The number of morpholine rings is 1. The van der Waals surface area contributed by atoms with Crippen LogP contribution in [0.1, 0.15) is 10.4 Å². The summed E-state index contributed by atoms with van der Waals surface area (Å²) in [5.41, 5.74) is 3.47. The number of benzene rings is 4. The topological polar surface area (TPSA) is 76.7 Å². The van der Waals surface area contributed by atoms with Gasteiger partial charge in [-0.25, -0.2) is 4.98 Å². The number of carbonyl (C=O) groups excluding carboxylic acids is 1. The number of imidazole rings is 1. The van der Waals surface area contributed by atoms with Crippen molar-refractivity contribution in [1.82, 2.24) is 14.9 Å². The van der Waals surface area contributed by atoms with E-state index < -0.39 is 0 Å². The largest absolute Gasteiger partial charge is 0.496 e. The van der Waals surface area contributed by atoms with Gasteiger partial charge in [0.25, 0.3) is 5.91 Å². The smallest absolute Gasteiger partial charge is 0.254 e. The Kier molecular flexibility index (Phi) is 8.23. The van der Waals surface area contributed by atoms with Crippen LogP contribution < -0.4 is 4.74 Å². The number of hydrogen-bond donors (Lipinski definition) is 1. The molecule has 0 unspecified atom stereocenters. The average molecular weight is 528 g/mol. The number of H-pyrrole nitrogens is 1. The number of nitrogens with zero attached hydrogens (tertiary/aromatic N) is 2. The third-order valence-electron chi connectivity index (χ3n) is 6.31. The number of amides is 1. The molecule has 5 aromatic rings. The first kappa shape index (κ1) is 25.8. The highest BCUT2D eigenvalue weighted by Crippen LogP contribution is 2.29. The van der Waals surface area contributed by atoms with E-state index >= 15 is 0 Å². The standard InChI is InChI=1S/C22H19N3O2.C8H10O2S/c26-22(25-10-12-27-13-11-25)16-8-9-19-20(14-16)24-21(23-19)18-7-3-5-15-4-1-2-6-17(15)18;1-9-7-5-3-4-6-8(7)11-10-2/h1-9,14H,10-13H2,(H,23,24);3-6H,1-2H3. The van der Waals surface area contributed by atoms with Crippen LogP contribution in [0.2, 0.25) is 0 Å². The van der Waals surface area contributed by atoms with Gasteiger partial charge in [0.2, 0.25) is 0 Å². The third-order valence-corrected chi connectivity index (χ3v) is 7.00. The van der Waals surface area contributed by atoms with Gasteiger partial charge in [0.15, 0.2) is 0 Å². The molecule has 0 radical (unpaired) electrons. The number of rotatable bonds is 5. The summed E-state index contributed by atoms with van der Waals surface area (Å²) in [5, 5.41) is 2.34. The summed E-state index contributed by atoms with van der Waals surface area (Å²) in [6.45, 7) is 2.48. The van der Waals surface area contributed by atoms with Gasteiger partial charge >= 0.3 is 0 Å². The van der Waals surface area contributed by atoms with E-state index in [1.165, 1.54) is 17.4 Å². The molecule has 0 atom stereocenters. The van der Waals surface area contributed by atoms with Gasteiger partial charge in [-0.15, -0.1) is 0 Å². The lowest BCUT2D eigenvalue weighted by Gasteiger charge is -2.26.